The van der Waals surface area contributed by atoms with Gasteiger partial charge in [0, 0.05) is 24.2 Å². The summed E-state index contributed by atoms with van der Waals surface area (Å²) in [5, 5.41) is 4.18. The fourth-order valence-corrected chi connectivity index (χ4v) is 5.66. The number of anilines is 2. The van der Waals surface area contributed by atoms with E-state index in [1.165, 1.54) is 11.1 Å². The van der Waals surface area contributed by atoms with Crippen LogP contribution in [0.2, 0.25) is 0 Å². The van der Waals surface area contributed by atoms with E-state index in [9.17, 15) is 18.0 Å². The number of halogens is 3. The molecule has 3 aromatic rings. The third kappa shape index (κ3) is 6.11. The number of ether oxygens (including phenoxy) is 1. The molecule has 0 saturated carbocycles. The maximum Gasteiger partial charge on any atom is 0.416 e. The number of nitrogens with two attached hydrogens (primary N) is 1. The predicted octanol–water partition coefficient (Wildman–Crippen LogP) is 7.23. The summed E-state index contributed by atoms with van der Waals surface area (Å²) in [7, 11) is 0. The van der Waals surface area contributed by atoms with Crippen molar-refractivity contribution < 1.29 is 22.7 Å². The third-order valence-corrected chi connectivity index (χ3v) is 7.54. The number of hydrogen-bond donors (Lipinski definition) is 2. The second kappa shape index (κ2) is 10.5. The van der Waals surface area contributed by atoms with Crippen LogP contribution in [0.3, 0.4) is 0 Å². The molecule has 2 aliphatic rings. The van der Waals surface area contributed by atoms with Gasteiger partial charge in [-0.3, -0.25) is 0 Å². The van der Waals surface area contributed by atoms with Crippen molar-refractivity contribution in [1.82, 2.24) is 14.9 Å². The van der Waals surface area contributed by atoms with E-state index < -0.39 is 23.4 Å². The second-order valence-corrected chi connectivity index (χ2v) is 11.9. The molecule has 0 fully saturated rings. The molecule has 7 nitrogen and oxygen atoms in total. The van der Waals surface area contributed by atoms with Gasteiger partial charge >= 0.3 is 12.3 Å². The van der Waals surface area contributed by atoms with E-state index in [1.807, 2.05) is 27.7 Å². The van der Waals surface area contributed by atoms with E-state index >= 15 is 0 Å². The minimum absolute atomic E-state index is 0.0527. The minimum Gasteiger partial charge on any atom is -0.444 e. The summed E-state index contributed by atoms with van der Waals surface area (Å²) < 4.78 is 45.9. The van der Waals surface area contributed by atoms with Crippen molar-refractivity contribution in [3.8, 4) is 0 Å². The number of aryl methyl sites for hydroxylation is 2. The van der Waals surface area contributed by atoms with E-state index in [0.29, 0.717) is 36.7 Å². The number of hydrogen-bond acceptors (Lipinski definition) is 6. The van der Waals surface area contributed by atoms with Crippen molar-refractivity contribution in [2.24, 2.45) is 0 Å². The molecule has 0 spiro atoms. The Balaban J connectivity index is 1.51. The largest absolute Gasteiger partial charge is 0.444 e. The summed E-state index contributed by atoms with van der Waals surface area (Å²) in [6.45, 7) is 10.2. The molecular formula is C31H36F3N5O2. The molecule has 3 N–H and O–H groups in total. The van der Waals surface area contributed by atoms with Crippen molar-refractivity contribution in [1.29, 1.82) is 0 Å². The van der Waals surface area contributed by atoms with Crippen LogP contribution in [0, 0.1) is 6.92 Å². The van der Waals surface area contributed by atoms with Gasteiger partial charge in [0.15, 0.2) is 0 Å². The second-order valence-electron chi connectivity index (χ2n) is 11.9. The molecule has 1 atom stereocenters. The molecule has 2 aromatic carbocycles. The van der Waals surface area contributed by atoms with Crippen LogP contribution in [0.15, 0.2) is 30.3 Å². The van der Waals surface area contributed by atoms with E-state index in [2.05, 4.69) is 22.4 Å². The average molecular weight is 568 g/mol. The highest BCUT2D eigenvalue weighted by atomic mass is 19.4. The zero-order chi connectivity index (χ0) is 29.7. The number of nitrogen functional groups attached to an aromatic ring is 1. The van der Waals surface area contributed by atoms with Gasteiger partial charge in [-0.05, 0) is 112 Å². The molecular weight excluding hydrogens is 531 g/mol. The van der Waals surface area contributed by atoms with Gasteiger partial charge in [-0.1, -0.05) is 6.08 Å². The van der Waals surface area contributed by atoms with Crippen molar-refractivity contribution in [2.45, 2.75) is 78.1 Å². The number of fused-ring (bicyclic) bond motifs is 3. The van der Waals surface area contributed by atoms with Gasteiger partial charge in [-0.15, -0.1) is 0 Å². The molecule has 0 saturated heterocycles. The number of alkyl halides is 3. The first kappa shape index (κ1) is 28.7. The predicted molar refractivity (Wildman–Crippen MR) is 155 cm³/mol. The lowest BCUT2D eigenvalue weighted by atomic mass is 9.91. The number of rotatable bonds is 4. The molecule has 1 aromatic heterocycles. The number of benzene rings is 2. The van der Waals surface area contributed by atoms with E-state index in [0.717, 1.165) is 53.4 Å². The zero-order valence-electron chi connectivity index (χ0n) is 24.1. The average Bonchev–Trinajstić information content (AvgIpc) is 3.37. The van der Waals surface area contributed by atoms with Crippen molar-refractivity contribution in [3.05, 3.63) is 64.0 Å². The van der Waals surface area contributed by atoms with Crippen LogP contribution in [-0.2, 0) is 23.8 Å². The van der Waals surface area contributed by atoms with Crippen molar-refractivity contribution in [3.63, 3.8) is 0 Å². The van der Waals surface area contributed by atoms with Gasteiger partial charge in [-0.2, -0.15) is 13.2 Å². The van der Waals surface area contributed by atoms with E-state index in [-0.39, 0.29) is 11.8 Å². The lowest BCUT2D eigenvalue weighted by Gasteiger charge is -2.30. The number of aromatic nitrogens is 2. The first-order valence-electron chi connectivity index (χ1n) is 13.9. The monoisotopic (exact) mass is 567 g/mol. The lowest BCUT2D eigenvalue weighted by molar-refractivity contribution is -0.137. The quantitative estimate of drug-likeness (QED) is 0.323. The van der Waals surface area contributed by atoms with Gasteiger partial charge in [-0.25, -0.2) is 14.8 Å². The van der Waals surface area contributed by atoms with Crippen LogP contribution in [0.1, 0.15) is 80.2 Å². The summed E-state index contributed by atoms with van der Waals surface area (Å²) in [5.41, 5.74) is 10.6. The summed E-state index contributed by atoms with van der Waals surface area (Å²) in [6.07, 6.45) is 0.813. The SMILES string of the molecule is Cc1nc(NC(C)c2cc(N)cc(C(F)(F)F)c2)c2cc(C3=CCN(C(=O)OC(C)(C)C)CC3)c3c(c2n1)CCC3. The van der Waals surface area contributed by atoms with Crippen LogP contribution in [0.25, 0.3) is 16.5 Å². The van der Waals surface area contributed by atoms with Gasteiger partial charge in [0.25, 0.3) is 0 Å². The Kier molecular flexibility index (Phi) is 7.38. The third-order valence-electron chi connectivity index (χ3n) is 7.54. The molecule has 1 unspecified atom stereocenters. The maximum absolute atomic E-state index is 13.5. The number of nitrogens with zero attached hydrogens (tertiary/aromatic N) is 3. The molecule has 1 amide bonds. The first-order valence-corrected chi connectivity index (χ1v) is 13.9. The van der Waals surface area contributed by atoms with Gasteiger partial charge in [0.2, 0.25) is 0 Å². The lowest BCUT2D eigenvalue weighted by Crippen LogP contribution is -2.39. The topological polar surface area (TPSA) is 93.4 Å². The van der Waals surface area contributed by atoms with Gasteiger partial charge in [0.1, 0.15) is 17.2 Å². The molecule has 41 heavy (non-hydrogen) atoms. The molecule has 2 heterocycles. The molecule has 10 heteroatoms. The van der Waals surface area contributed by atoms with Crippen LogP contribution in [0.4, 0.5) is 29.5 Å². The number of nitrogens with one attached hydrogen (secondary N) is 1. The number of amides is 1. The highest BCUT2D eigenvalue weighted by Crippen LogP contribution is 2.40. The molecule has 1 aliphatic carbocycles. The highest BCUT2D eigenvalue weighted by Gasteiger charge is 2.32. The normalized spacial score (nSPS) is 16.4. The summed E-state index contributed by atoms with van der Waals surface area (Å²) >= 11 is 0. The fraction of sp³-hybridized carbons (Fsp3) is 0.452. The Bertz CT molecular complexity index is 1540. The van der Waals surface area contributed by atoms with Crippen molar-refractivity contribution >= 4 is 34.1 Å². The van der Waals surface area contributed by atoms with Crippen LogP contribution in [0.5, 0.6) is 0 Å². The summed E-state index contributed by atoms with van der Waals surface area (Å²) in [6, 6.07) is 5.22. The van der Waals surface area contributed by atoms with Gasteiger partial charge < -0.3 is 20.7 Å². The zero-order valence-corrected chi connectivity index (χ0v) is 24.1. The molecule has 0 bridgehead atoms. The Morgan fingerprint density at radius 3 is 2.46 bits per heavy atom. The van der Waals surface area contributed by atoms with E-state index in [1.54, 1.807) is 17.9 Å². The fourth-order valence-electron chi connectivity index (χ4n) is 5.66. The highest BCUT2D eigenvalue weighted by molar-refractivity contribution is 5.96. The Morgan fingerprint density at radius 1 is 1.07 bits per heavy atom. The minimum atomic E-state index is -4.50. The molecule has 0 radical (unpaired) electrons. The summed E-state index contributed by atoms with van der Waals surface area (Å²) in [5.74, 6) is 1.15. The summed E-state index contributed by atoms with van der Waals surface area (Å²) in [4.78, 5) is 23.8. The molecule has 218 valence electrons. The Morgan fingerprint density at radius 2 is 1.80 bits per heavy atom. The molecule has 1 aliphatic heterocycles. The number of carbonyl (C=O) groups is 1. The number of carbonyl (C=O) groups excluding carboxylic acids is 1. The Labute approximate surface area is 238 Å². The first-order chi connectivity index (χ1) is 19.2. The van der Waals surface area contributed by atoms with Crippen molar-refractivity contribution in [2.75, 3.05) is 24.1 Å². The standard InChI is InChI=1S/C31H36F3N5O2/c1-17(20-13-21(31(32,33)34)15-22(35)14-20)36-28-26-16-25(23-7-6-8-24(23)27(26)37-18(2)38-28)19-9-11-39(12-10-19)29(40)41-30(3,4)5/h9,13-17H,6-8,10-12,35H2,1-5H3,(H,36,37,38). The Hall–Kier alpha value is -3.82. The van der Waals surface area contributed by atoms with E-state index in [4.69, 9.17) is 15.5 Å². The maximum atomic E-state index is 13.5. The smallest absolute Gasteiger partial charge is 0.416 e. The molecule has 5 rings (SSSR count). The van der Waals surface area contributed by atoms with Crippen LogP contribution < -0.4 is 11.1 Å². The van der Waals surface area contributed by atoms with Gasteiger partial charge in [0.05, 0.1) is 17.1 Å². The van der Waals surface area contributed by atoms with Crippen LogP contribution >= 0.6 is 0 Å². The van der Waals surface area contributed by atoms with Crippen LogP contribution in [-0.4, -0.2) is 39.7 Å².